The molecule has 2 heteroatoms. The molecule has 3 atom stereocenters. The molecule has 2 aromatic rings. The summed E-state index contributed by atoms with van der Waals surface area (Å²) in [6.07, 6.45) is 1.08. The van der Waals surface area contributed by atoms with E-state index in [-0.39, 0.29) is 0 Å². The molecule has 2 nitrogen and oxygen atoms in total. The quantitative estimate of drug-likeness (QED) is 0.842. The Labute approximate surface area is 119 Å². The first-order valence-electron chi connectivity index (χ1n) is 7.23. The van der Waals surface area contributed by atoms with Crippen LogP contribution in [0.4, 0.5) is 0 Å². The maximum Gasteiger partial charge on any atom is 0.115 e. The highest BCUT2D eigenvalue weighted by Gasteiger charge is 2.38. The molecule has 20 heavy (non-hydrogen) atoms. The van der Waals surface area contributed by atoms with Gasteiger partial charge in [-0.1, -0.05) is 32.0 Å². The standard InChI is InChI=1S/C18H20O2/c1-3-15-16-9-8-14(20)10-17(16)11(2)18(15)12-4-6-13(19)7-5-12/h4-11,15,18-20H,3H2,1-2H3/t11-,15+,18+/m0/s1. The Balaban J connectivity index is 2.07. The number of aromatic hydroxyl groups is 2. The summed E-state index contributed by atoms with van der Waals surface area (Å²) in [7, 11) is 0. The molecule has 3 rings (SSSR count). The van der Waals surface area contributed by atoms with Crippen LogP contribution in [0.25, 0.3) is 0 Å². The summed E-state index contributed by atoms with van der Waals surface area (Å²) >= 11 is 0. The summed E-state index contributed by atoms with van der Waals surface area (Å²) < 4.78 is 0. The van der Waals surface area contributed by atoms with E-state index >= 15 is 0 Å². The van der Waals surface area contributed by atoms with Gasteiger partial charge in [-0.2, -0.15) is 0 Å². The van der Waals surface area contributed by atoms with Crippen LogP contribution in [0, 0.1) is 0 Å². The predicted molar refractivity (Wildman–Crippen MR) is 80.4 cm³/mol. The van der Waals surface area contributed by atoms with Crippen LogP contribution in [0.2, 0.25) is 0 Å². The van der Waals surface area contributed by atoms with Crippen LogP contribution in [0.5, 0.6) is 11.5 Å². The summed E-state index contributed by atoms with van der Waals surface area (Å²) in [5.74, 6) is 1.92. The monoisotopic (exact) mass is 268 g/mol. The molecule has 0 saturated heterocycles. The zero-order chi connectivity index (χ0) is 14.3. The summed E-state index contributed by atoms with van der Waals surface area (Å²) in [6, 6.07) is 13.3. The number of phenols is 2. The Morgan fingerprint density at radius 2 is 1.55 bits per heavy atom. The van der Waals surface area contributed by atoms with Gasteiger partial charge in [0.25, 0.3) is 0 Å². The lowest BCUT2D eigenvalue weighted by molar-refractivity contribution is 0.472. The van der Waals surface area contributed by atoms with Gasteiger partial charge in [0.2, 0.25) is 0 Å². The molecule has 0 bridgehead atoms. The Kier molecular flexibility index (Phi) is 3.17. The summed E-state index contributed by atoms with van der Waals surface area (Å²) in [5, 5.41) is 19.2. The second-order valence-corrected chi connectivity index (χ2v) is 5.73. The minimum absolute atomic E-state index is 0.308. The molecule has 0 fully saturated rings. The van der Waals surface area contributed by atoms with Crippen LogP contribution in [0.1, 0.15) is 54.7 Å². The molecule has 0 aromatic heterocycles. The van der Waals surface area contributed by atoms with Crippen molar-refractivity contribution in [3.63, 3.8) is 0 Å². The zero-order valence-electron chi connectivity index (χ0n) is 11.9. The summed E-state index contributed by atoms with van der Waals surface area (Å²) in [5.41, 5.74) is 3.88. The molecule has 2 aromatic carbocycles. The average Bonchev–Trinajstić information content (AvgIpc) is 2.72. The average molecular weight is 268 g/mol. The largest absolute Gasteiger partial charge is 0.508 e. The highest BCUT2D eigenvalue weighted by atomic mass is 16.3. The van der Waals surface area contributed by atoms with Crippen molar-refractivity contribution in [3.05, 3.63) is 59.2 Å². The van der Waals surface area contributed by atoms with Crippen LogP contribution in [-0.4, -0.2) is 10.2 Å². The molecule has 104 valence electrons. The lowest BCUT2D eigenvalue weighted by atomic mass is 9.81. The third-order valence-electron chi connectivity index (χ3n) is 4.65. The van der Waals surface area contributed by atoms with E-state index in [0.29, 0.717) is 29.3 Å². The first-order chi connectivity index (χ1) is 9.61. The summed E-state index contributed by atoms with van der Waals surface area (Å²) in [6.45, 7) is 4.44. The molecule has 0 heterocycles. The Hall–Kier alpha value is -1.96. The normalized spacial score (nSPS) is 24.6. The van der Waals surface area contributed by atoms with Crippen LogP contribution < -0.4 is 0 Å². The first kappa shape index (κ1) is 13.0. The Morgan fingerprint density at radius 3 is 2.20 bits per heavy atom. The molecule has 0 spiro atoms. The second-order valence-electron chi connectivity index (χ2n) is 5.73. The van der Waals surface area contributed by atoms with E-state index in [9.17, 15) is 10.2 Å². The topological polar surface area (TPSA) is 40.5 Å². The van der Waals surface area contributed by atoms with Crippen LogP contribution in [-0.2, 0) is 0 Å². The third-order valence-corrected chi connectivity index (χ3v) is 4.65. The lowest BCUT2D eigenvalue weighted by Gasteiger charge is -2.23. The van der Waals surface area contributed by atoms with Gasteiger partial charge >= 0.3 is 0 Å². The molecule has 0 radical (unpaired) electrons. The Morgan fingerprint density at radius 1 is 0.900 bits per heavy atom. The highest BCUT2D eigenvalue weighted by molar-refractivity contribution is 5.48. The fourth-order valence-electron chi connectivity index (χ4n) is 3.72. The number of fused-ring (bicyclic) bond motifs is 1. The number of hydrogen-bond acceptors (Lipinski definition) is 2. The predicted octanol–water partition coefficient (Wildman–Crippen LogP) is 4.49. The molecule has 0 amide bonds. The molecule has 1 aliphatic rings. The van der Waals surface area contributed by atoms with E-state index in [4.69, 9.17) is 0 Å². The van der Waals surface area contributed by atoms with Gasteiger partial charge in [-0.05, 0) is 65.1 Å². The maximum atomic E-state index is 9.73. The van der Waals surface area contributed by atoms with Gasteiger partial charge in [-0.25, -0.2) is 0 Å². The SMILES string of the molecule is CC[C@@H]1c2ccc(O)cc2[C@H](C)[C@@H]1c1ccc(O)cc1. The molecule has 1 aliphatic carbocycles. The second kappa shape index (κ2) is 4.86. The van der Waals surface area contributed by atoms with E-state index in [1.807, 2.05) is 18.2 Å². The molecule has 0 saturated carbocycles. The van der Waals surface area contributed by atoms with Gasteiger partial charge in [0.1, 0.15) is 11.5 Å². The molecular weight excluding hydrogens is 248 g/mol. The van der Waals surface area contributed by atoms with Gasteiger partial charge in [0.15, 0.2) is 0 Å². The van der Waals surface area contributed by atoms with Gasteiger partial charge < -0.3 is 10.2 Å². The zero-order valence-corrected chi connectivity index (χ0v) is 11.9. The van der Waals surface area contributed by atoms with Crippen molar-refractivity contribution < 1.29 is 10.2 Å². The first-order valence-corrected chi connectivity index (χ1v) is 7.23. The minimum Gasteiger partial charge on any atom is -0.508 e. The van der Waals surface area contributed by atoms with E-state index in [2.05, 4.69) is 19.9 Å². The fourth-order valence-corrected chi connectivity index (χ4v) is 3.72. The Bertz CT molecular complexity index is 616. The van der Waals surface area contributed by atoms with Crippen LogP contribution in [0.3, 0.4) is 0 Å². The van der Waals surface area contributed by atoms with E-state index in [1.54, 1.807) is 18.2 Å². The molecule has 0 unspecified atom stereocenters. The van der Waals surface area contributed by atoms with Crippen molar-refractivity contribution in [2.75, 3.05) is 0 Å². The van der Waals surface area contributed by atoms with Crippen LogP contribution >= 0.6 is 0 Å². The smallest absolute Gasteiger partial charge is 0.115 e. The molecule has 2 N–H and O–H groups in total. The molecular formula is C18H20O2. The summed E-state index contributed by atoms with van der Waals surface area (Å²) in [4.78, 5) is 0. The van der Waals surface area contributed by atoms with Gasteiger partial charge in [0.05, 0.1) is 0 Å². The lowest BCUT2D eigenvalue weighted by Crippen LogP contribution is -2.08. The van der Waals surface area contributed by atoms with Gasteiger partial charge in [0, 0.05) is 0 Å². The van der Waals surface area contributed by atoms with E-state index < -0.39 is 0 Å². The van der Waals surface area contributed by atoms with Crippen molar-refractivity contribution in [2.45, 2.75) is 38.0 Å². The van der Waals surface area contributed by atoms with Gasteiger partial charge in [-0.3, -0.25) is 0 Å². The maximum absolute atomic E-state index is 9.73. The van der Waals surface area contributed by atoms with Crippen molar-refractivity contribution >= 4 is 0 Å². The number of rotatable bonds is 2. The van der Waals surface area contributed by atoms with Crippen molar-refractivity contribution in [2.24, 2.45) is 0 Å². The molecule has 0 aliphatic heterocycles. The fraction of sp³-hybridized carbons (Fsp3) is 0.333. The van der Waals surface area contributed by atoms with E-state index in [1.165, 1.54) is 16.7 Å². The van der Waals surface area contributed by atoms with Crippen LogP contribution in [0.15, 0.2) is 42.5 Å². The minimum atomic E-state index is 0.308. The highest BCUT2D eigenvalue weighted by Crippen LogP contribution is 2.53. The van der Waals surface area contributed by atoms with Crippen molar-refractivity contribution in [3.8, 4) is 11.5 Å². The number of benzene rings is 2. The van der Waals surface area contributed by atoms with Crippen molar-refractivity contribution in [1.29, 1.82) is 0 Å². The number of hydrogen-bond donors (Lipinski definition) is 2. The third kappa shape index (κ3) is 1.96. The van der Waals surface area contributed by atoms with E-state index in [0.717, 1.165) is 6.42 Å². The van der Waals surface area contributed by atoms with Gasteiger partial charge in [-0.15, -0.1) is 0 Å². The number of phenolic OH excluding ortho intramolecular Hbond substituents is 2. The van der Waals surface area contributed by atoms with Crippen molar-refractivity contribution in [1.82, 2.24) is 0 Å².